The number of hydrogen-bond acceptors (Lipinski definition) is 2. The van der Waals surface area contributed by atoms with E-state index in [9.17, 15) is 36.2 Å². The van der Waals surface area contributed by atoms with E-state index in [0.717, 1.165) is 6.92 Å². The number of amides is 1. The van der Waals surface area contributed by atoms with Crippen LogP contribution in [0, 0.1) is 0 Å². The molecule has 0 aliphatic rings. The van der Waals surface area contributed by atoms with Gasteiger partial charge in [-0.1, -0.05) is 6.07 Å². The van der Waals surface area contributed by atoms with Crippen molar-refractivity contribution in [1.82, 2.24) is 0 Å². The topological polar surface area (TPSA) is 49.3 Å². The number of halogens is 6. The van der Waals surface area contributed by atoms with Crippen molar-refractivity contribution in [2.24, 2.45) is 0 Å². The molecule has 9 heteroatoms. The van der Waals surface area contributed by atoms with Gasteiger partial charge >= 0.3 is 6.18 Å². The van der Waals surface area contributed by atoms with Crippen LogP contribution >= 0.6 is 0 Å². The van der Waals surface area contributed by atoms with Crippen LogP contribution in [0.2, 0.25) is 0 Å². The third-order valence-electron chi connectivity index (χ3n) is 2.44. The van der Waals surface area contributed by atoms with Gasteiger partial charge in [-0.05, 0) is 12.1 Å². The first-order valence-electron chi connectivity index (χ1n) is 5.15. The van der Waals surface area contributed by atoms with Crippen molar-refractivity contribution in [1.29, 1.82) is 0 Å². The standard InChI is InChI=1S/C11H9F6NO2/c1-5(19)18-7-4-6(2-3-8(7)20)10(14,9(12)13)11(15,16)17/h2-4,9,20H,1H3,(H,18,19). The minimum absolute atomic E-state index is 0.316. The van der Waals surface area contributed by atoms with E-state index in [1.165, 1.54) is 0 Å². The van der Waals surface area contributed by atoms with E-state index in [1.54, 1.807) is 0 Å². The summed E-state index contributed by atoms with van der Waals surface area (Å²) in [5.41, 5.74) is -6.91. The number of nitrogens with one attached hydrogen (secondary N) is 1. The van der Waals surface area contributed by atoms with Gasteiger partial charge in [0.15, 0.2) is 0 Å². The lowest BCUT2D eigenvalue weighted by atomic mass is 9.94. The predicted octanol–water partition coefficient (Wildman–Crippen LogP) is 3.34. The average molecular weight is 301 g/mol. The second-order valence-corrected chi connectivity index (χ2v) is 3.92. The van der Waals surface area contributed by atoms with Gasteiger partial charge in [-0.3, -0.25) is 4.79 Å². The monoisotopic (exact) mass is 301 g/mol. The molecule has 0 bridgehead atoms. The molecule has 1 aromatic carbocycles. The Morgan fingerprint density at radius 2 is 1.80 bits per heavy atom. The fraction of sp³-hybridized carbons (Fsp3) is 0.364. The largest absolute Gasteiger partial charge is 0.506 e. The minimum Gasteiger partial charge on any atom is -0.506 e. The van der Waals surface area contributed by atoms with Gasteiger partial charge in [-0.2, -0.15) is 13.2 Å². The van der Waals surface area contributed by atoms with Crippen LogP contribution in [0.1, 0.15) is 12.5 Å². The van der Waals surface area contributed by atoms with Gasteiger partial charge < -0.3 is 10.4 Å². The van der Waals surface area contributed by atoms with Crippen molar-refractivity contribution >= 4 is 11.6 Å². The fourth-order valence-corrected chi connectivity index (χ4v) is 1.47. The molecule has 1 aromatic rings. The summed E-state index contributed by atoms with van der Waals surface area (Å²) in [4.78, 5) is 10.8. The fourth-order valence-electron chi connectivity index (χ4n) is 1.47. The maximum absolute atomic E-state index is 13.7. The van der Waals surface area contributed by atoms with Crippen LogP contribution in [0.4, 0.5) is 32.0 Å². The number of anilines is 1. The summed E-state index contributed by atoms with van der Waals surface area (Å²) < 4.78 is 76.4. The molecule has 1 rings (SSSR count). The highest BCUT2D eigenvalue weighted by Gasteiger charge is 2.64. The lowest BCUT2D eigenvalue weighted by Crippen LogP contribution is -2.44. The lowest BCUT2D eigenvalue weighted by Gasteiger charge is -2.27. The van der Waals surface area contributed by atoms with E-state index >= 15 is 0 Å². The van der Waals surface area contributed by atoms with Crippen molar-refractivity contribution in [3.8, 4) is 5.75 Å². The quantitative estimate of drug-likeness (QED) is 0.664. The molecular formula is C11H9F6NO2. The predicted molar refractivity (Wildman–Crippen MR) is 57.3 cm³/mol. The molecule has 0 spiro atoms. The van der Waals surface area contributed by atoms with Crippen molar-refractivity contribution in [3.05, 3.63) is 23.8 Å². The highest BCUT2D eigenvalue weighted by molar-refractivity contribution is 5.90. The molecule has 0 aromatic heterocycles. The number of phenolic OH excluding ortho intramolecular Hbond substituents is 1. The summed E-state index contributed by atoms with van der Waals surface area (Å²) in [7, 11) is 0. The van der Waals surface area contributed by atoms with E-state index in [-0.39, 0.29) is 0 Å². The minimum atomic E-state index is -5.86. The Kier molecular flexibility index (Phi) is 4.21. The van der Waals surface area contributed by atoms with Gasteiger partial charge in [-0.15, -0.1) is 0 Å². The van der Waals surface area contributed by atoms with Crippen LogP contribution in [0.25, 0.3) is 0 Å². The zero-order valence-electron chi connectivity index (χ0n) is 9.93. The number of aromatic hydroxyl groups is 1. The second kappa shape index (κ2) is 5.22. The zero-order valence-corrected chi connectivity index (χ0v) is 9.93. The van der Waals surface area contributed by atoms with E-state index in [0.29, 0.717) is 18.2 Å². The summed E-state index contributed by atoms with van der Waals surface area (Å²) in [6, 6.07) is 1.28. The smallest absolute Gasteiger partial charge is 0.432 e. The van der Waals surface area contributed by atoms with Gasteiger partial charge in [0.1, 0.15) is 5.75 Å². The molecule has 0 aliphatic carbocycles. The second-order valence-electron chi connectivity index (χ2n) is 3.92. The molecule has 2 N–H and O–H groups in total. The van der Waals surface area contributed by atoms with E-state index in [4.69, 9.17) is 0 Å². The van der Waals surface area contributed by atoms with E-state index < -0.39 is 41.2 Å². The summed E-state index contributed by atoms with van der Waals surface area (Å²) in [6.07, 6.45) is -10.2. The molecule has 0 saturated carbocycles. The third-order valence-corrected chi connectivity index (χ3v) is 2.44. The number of rotatable bonds is 3. The summed E-state index contributed by atoms with van der Waals surface area (Å²) in [5.74, 6) is -1.45. The number of carbonyl (C=O) groups excluding carboxylic acids is 1. The Balaban J connectivity index is 3.40. The zero-order chi connectivity index (χ0) is 15.7. The van der Waals surface area contributed by atoms with E-state index in [1.807, 2.05) is 5.32 Å². The van der Waals surface area contributed by atoms with Gasteiger partial charge in [0, 0.05) is 12.5 Å². The molecule has 0 saturated heterocycles. The Bertz CT molecular complexity index is 516. The van der Waals surface area contributed by atoms with Crippen LogP contribution in [0.3, 0.4) is 0 Å². The molecule has 1 amide bonds. The molecule has 20 heavy (non-hydrogen) atoms. The van der Waals surface area contributed by atoms with Crippen molar-refractivity contribution < 1.29 is 36.2 Å². The molecule has 3 nitrogen and oxygen atoms in total. The van der Waals surface area contributed by atoms with Crippen LogP contribution in [0.5, 0.6) is 5.75 Å². The first kappa shape index (κ1) is 16.1. The summed E-state index contributed by atoms with van der Waals surface area (Å²) in [6.45, 7) is 0.978. The molecule has 0 radical (unpaired) electrons. The average Bonchev–Trinajstić information content (AvgIpc) is 2.28. The molecule has 0 fully saturated rings. The number of benzene rings is 1. The number of carbonyl (C=O) groups is 1. The van der Waals surface area contributed by atoms with Crippen LogP contribution < -0.4 is 5.32 Å². The molecule has 1 unspecified atom stereocenters. The SMILES string of the molecule is CC(=O)Nc1cc(C(F)(C(F)F)C(F)(F)F)ccc1O. The Labute approximate surface area is 109 Å². The van der Waals surface area contributed by atoms with Gasteiger partial charge in [-0.25, -0.2) is 13.2 Å². The van der Waals surface area contributed by atoms with Crippen LogP contribution in [-0.4, -0.2) is 23.6 Å². The first-order chi connectivity index (χ1) is 9.00. The maximum atomic E-state index is 13.7. The van der Waals surface area contributed by atoms with Crippen molar-refractivity contribution in [2.45, 2.75) is 25.2 Å². The van der Waals surface area contributed by atoms with E-state index in [2.05, 4.69) is 0 Å². The number of phenols is 1. The van der Waals surface area contributed by atoms with Crippen LogP contribution in [0.15, 0.2) is 18.2 Å². The van der Waals surface area contributed by atoms with Crippen molar-refractivity contribution in [2.75, 3.05) is 5.32 Å². The summed E-state index contributed by atoms with van der Waals surface area (Å²) in [5, 5.41) is 11.2. The number of alkyl halides is 6. The Morgan fingerprint density at radius 3 is 2.20 bits per heavy atom. The Hall–Kier alpha value is -1.93. The maximum Gasteiger partial charge on any atom is 0.432 e. The lowest BCUT2D eigenvalue weighted by molar-refractivity contribution is -0.274. The molecule has 0 aliphatic heterocycles. The highest BCUT2D eigenvalue weighted by Crippen LogP contribution is 2.48. The van der Waals surface area contributed by atoms with Crippen LogP contribution in [-0.2, 0) is 10.5 Å². The highest BCUT2D eigenvalue weighted by atomic mass is 19.4. The number of hydrogen-bond donors (Lipinski definition) is 2. The Morgan fingerprint density at radius 1 is 1.25 bits per heavy atom. The molecular weight excluding hydrogens is 292 g/mol. The van der Waals surface area contributed by atoms with Gasteiger partial charge in [0.2, 0.25) is 5.91 Å². The van der Waals surface area contributed by atoms with Crippen molar-refractivity contribution in [3.63, 3.8) is 0 Å². The molecule has 112 valence electrons. The van der Waals surface area contributed by atoms with Gasteiger partial charge in [0.05, 0.1) is 5.69 Å². The molecule has 0 heterocycles. The molecule has 1 atom stereocenters. The first-order valence-corrected chi connectivity index (χ1v) is 5.15. The van der Waals surface area contributed by atoms with Gasteiger partial charge in [0.25, 0.3) is 12.1 Å². The summed E-state index contributed by atoms with van der Waals surface area (Å²) >= 11 is 0. The normalized spacial score (nSPS) is 15.0. The third kappa shape index (κ3) is 2.81.